The van der Waals surface area contributed by atoms with Gasteiger partial charge in [0.15, 0.2) is 0 Å². The first kappa shape index (κ1) is 15.9. The van der Waals surface area contributed by atoms with E-state index < -0.39 is 0 Å². The minimum Gasteiger partial charge on any atom is -0.342 e. The molecule has 0 aromatic rings. The molecule has 3 unspecified atom stereocenters. The van der Waals surface area contributed by atoms with Crippen LogP contribution in [0.2, 0.25) is 0 Å². The maximum atomic E-state index is 13.0. The molecular weight excluding hydrogens is 284 g/mol. The predicted octanol–water partition coefficient (Wildman–Crippen LogP) is 3.59. The second kappa shape index (κ2) is 6.74. The van der Waals surface area contributed by atoms with Gasteiger partial charge in [0.25, 0.3) is 0 Å². The standard InChI is InChI=1S/C20H34N2O/c23-19(18-6-5-16-3-1-2-4-17(16)15-18)22-13-9-20(10-14-22)7-11-21-12-8-20/h16-18,21H,1-15H2. The third kappa shape index (κ3) is 3.31. The molecule has 1 N–H and O–H groups in total. The molecule has 0 radical (unpaired) electrons. The number of carbonyl (C=O) groups is 1. The Morgan fingerprint density at radius 2 is 1.57 bits per heavy atom. The molecular formula is C20H34N2O. The average molecular weight is 319 g/mol. The van der Waals surface area contributed by atoms with Crippen molar-refractivity contribution in [3.8, 4) is 0 Å². The third-order valence-electron chi connectivity index (χ3n) is 7.69. The summed E-state index contributed by atoms with van der Waals surface area (Å²) in [6.07, 6.45) is 14.5. The van der Waals surface area contributed by atoms with Crippen LogP contribution in [0.4, 0.5) is 0 Å². The fourth-order valence-corrected chi connectivity index (χ4v) is 6.01. The van der Waals surface area contributed by atoms with Crippen molar-refractivity contribution in [2.24, 2.45) is 23.2 Å². The zero-order valence-corrected chi connectivity index (χ0v) is 14.7. The molecule has 3 heteroatoms. The van der Waals surface area contributed by atoms with Gasteiger partial charge in [0.1, 0.15) is 0 Å². The summed E-state index contributed by atoms with van der Waals surface area (Å²) in [6.45, 7) is 4.42. The highest BCUT2D eigenvalue weighted by Crippen LogP contribution is 2.44. The Morgan fingerprint density at radius 3 is 2.30 bits per heavy atom. The van der Waals surface area contributed by atoms with Crippen LogP contribution in [0.15, 0.2) is 0 Å². The summed E-state index contributed by atoms with van der Waals surface area (Å²) in [5, 5.41) is 3.49. The number of fused-ring (bicyclic) bond motifs is 1. The molecule has 3 nitrogen and oxygen atoms in total. The van der Waals surface area contributed by atoms with E-state index >= 15 is 0 Å². The van der Waals surface area contributed by atoms with Crippen LogP contribution in [0.25, 0.3) is 0 Å². The number of rotatable bonds is 1. The van der Waals surface area contributed by atoms with E-state index in [1.54, 1.807) is 0 Å². The monoisotopic (exact) mass is 318 g/mol. The maximum absolute atomic E-state index is 13.0. The molecule has 1 spiro atoms. The first-order valence-electron chi connectivity index (χ1n) is 10.3. The molecule has 0 aromatic carbocycles. The summed E-state index contributed by atoms with van der Waals surface area (Å²) in [5.41, 5.74) is 0.559. The predicted molar refractivity (Wildman–Crippen MR) is 93.1 cm³/mol. The number of nitrogens with one attached hydrogen (secondary N) is 1. The van der Waals surface area contributed by atoms with Crippen LogP contribution >= 0.6 is 0 Å². The SMILES string of the molecule is O=C(C1CCC2CCCCC2C1)N1CCC2(CCNCC2)CC1. The van der Waals surface area contributed by atoms with Crippen LogP contribution in [0.3, 0.4) is 0 Å². The summed E-state index contributed by atoms with van der Waals surface area (Å²) in [4.78, 5) is 15.2. The van der Waals surface area contributed by atoms with Crippen molar-refractivity contribution in [1.29, 1.82) is 0 Å². The van der Waals surface area contributed by atoms with Crippen LogP contribution in [0, 0.1) is 23.2 Å². The molecule has 4 fully saturated rings. The summed E-state index contributed by atoms with van der Waals surface area (Å²) in [5.74, 6) is 2.69. The fraction of sp³-hybridized carbons (Fsp3) is 0.950. The summed E-state index contributed by atoms with van der Waals surface area (Å²) < 4.78 is 0. The minimum absolute atomic E-state index is 0.358. The van der Waals surface area contributed by atoms with E-state index in [0.29, 0.717) is 17.2 Å². The molecule has 3 atom stereocenters. The zero-order valence-electron chi connectivity index (χ0n) is 14.7. The molecule has 1 amide bonds. The van der Waals surface area contributed by atoms with E-state index in [-0.39, 0.29) is 0 Å². The maximum Gasteiger partial charge on any atom is 0.225 e. The van der Waals surface area contributed by atoms with Gasteiger partial charge in [-0.1, -0.05) is 25.7 Å². The van der Waals surface area contributed by atoms with Crippen molar-refractivity contribution in [2.45, 2.75) is 70.6 Å². The number of nitrogens with zero attached hydrogens (tertiary/aromatic N) is 1. The topological polar surface area (TPSA) is 32.3 Å². The number of amides is 1. The number of carbonyl (C=O) groups excluding carboxylic acids is 1. The molecule has 4 aliphatic rings. The van der Waals surface area contributed by atoms with Crippen molar-refractivity contribution in [1.82, 2.24) is 10.2 Å². The molecule has 23 heavy (non-hydrogen) atoms. The molecule has 130 valence electrons. The highest BCUT2D eigenvalue weighted by atomic mass is 16.2. The minimum atomic E-state index is 0.358. The lowest BCUT2D eigenvalue weighted by atomic mass is 9.67. The summed E-state index contributed by atoms with van der Waals surface area (Å²) in [6, 6.07) is 0. The Balaban J connectivity index is 1.31. The number of hydrogen-bond donors (Lipinski definition) is 1. The Labute approximate surface area is 141 Å². The normalized spacial score (nSPS) is 37.4. The lowest BCUT2D eigenvalue weighted by molar-refractivity contribution is -0.140. The average Bonchev–Trinajstić information content (AvgIpc) is 2.62. The summed E-state index contributed by atoms with van der Waals surface area (Å²) in [7, 11) is 0. The van der Waals surface area contributed by atoms with Gasteiger partial charge in [0, 0.05) is 19.0 Å². The van der Waals surface area contributed by atoms with Crippen molar-refractivity contribution in [3.63, 3.8) is 0 Å². The van der Waals surface area contributed by atoms with E-state index in [9.17, 15) is 4.79 Å². The fourth-order valence-electron chi connectivity index (χ4n) is 6.01. The van der Waals surface area contributed by atoms with Crippen LogP contribution in [0.5, 0.6) is 0 Å². The smallest absolute Gasteiger partial charge is 0.225 e. The van der Waals surface area contributed by atoms with Gasteiger partial charge in [0.2, 0.25) is 5.91 Å². The quantitative estimate of drug-likeness (QED) is 0.801. The van der Waals surface area contributed by atoms with E-state index in [4.69, 9.17) is 0 Å². The zero-order chi connectivity index (χ0) is 15.7. The highest BCUT2D eigenvalue weighted by Gasteiger charge is 2.40. The molecule has 2 aliphatic heterocycles. The molecule has 0 bridgehead atoms. The highest BCUT2D eigenvalue weighted by molar-refractivity contribution is 5.79. The van der Waals surface area contributed by atoms with Gasteiger partial charge in [-0.3, -0.25) is 4.79 Å². The summed E-state index contributed by atoms with van der Waals surface area (Å²) >= 11 is 0. The van der Waals surface area contributed by atoms with E-state index in [0.717, 1.165) is 24.9 Å². The van der Waals surface area contributed by atoms with Gasteiger partial charge in [-0.25, -0.2) is 0 Å². The molecule has 0 aromatic heterocycles. The third-order valence-corrected chi connectivity index (χ3v) is 7.69. The molecule has 2 aliphatic carbocycles. The second-order valence-corrected chi connectivity index (χ2v) is 8.89. The van der Waals surface area contributed by atoms with E-state index in [2.05, 4.69) is 10.2 Å². The molecule has 2 saturated heterocycles. The van der Waals surface area contributed by atoms with Crippen LogP contribution < -0.4 is 5.32 Å². The molecule has 2 saturated carbocycles. The first-order valence-corrected chi connectivity index (χ1v) is 10.3. The van der Waals surface area contributed by atoms with Crippen molar-refractivity contribution in [2.75, 3.05) is 26.2 Å². The number of likely N-dealkylation sites (tertiary alicyclic amines) is 1. The Morgan fingerprint density at radius 1 is 0.870 bits per heavy atom. The lowest BCUT2D eigenvalue weighted by Gasteiger charge is -2.46. The van der Waals surface area contributed by atoms with Gasteiger partial charge in [-0.15, -0.1) is 0 Å². The van der Waals surface area contributed by atoms with Crippen molar-refractivity contribution >= 4 is 5.91 Å². The first-order chi connectivity index (χ1) is 11.3. The van der Waals surface area contributed by atoms with Crippen LogP contribution in [-0.2, 0) is 4.79 Å². The second-order valence-electron chi connectivity index (χ2n) is 8.89. The number of hydrogen-bond acceptors (Lipinski definition) is 2. The van der Waals surface area contributed by atoms with Crippen LogP contribution in [-0.4, -0.2) is 37.0 Å². The number of piperidine rings is 2. The van der Waals surface area contributed by atoms with Crippen LogP contribution in [0.1, 0.15) is 70.6 Å². The van der Waals surface area contributed by atoms with Gasteiger partial charge in [-0.05, 0) is 75.3 Å². The van der Waals surface area contributed by atoms with Crippen molar-refractivity contribution in [3.05, 3.63) is 0 Å². The van der Waals surface area contributed by atoms with E-state index in [1.165, 1.54) is 83.7 Å². The molecule has 4 rings (SSSR count). The van der Waals surface area contributed by atoms with E-state index in [1.807, 2.05) is 0 Å². The van der Waals surface area contributed by atoms with Gasteiger partial charge >= 0.3 is 0 Å². The Kier molecular flexibility index (Phi) is 4.67. The van der Waals surface area contributed by atoms with Crippen molar-refractivity contribution < 1.29 is 4.79 Å². The lowest BCUT2D eigenvalue weighted by Crippen LogP contribution is -2.49. The Hall–Kier alpha value is -0.570. The molecule has 2 heterocycles. The van der Waals surface area contributed by atoms with Gasteiger partial charge in [0.05, 0.1) is 0 Å². The Bertz CT molecular complexity index is 419. The largest absolute Gasteiger partial charge is 0.342 e. The van der Waals surface area contributed by atoms with Gasteiger partial charge in [-0.2, -0.15) is 0 Å². The van der Waals surface area contributed by atoms with Gasteiger partial charge < -0.3 is 10.2 Å².